The van der Waals surface area contributed by atoms with Gasteiger partial charge in [-0.25, -0.2) is 0 Å². The molecule has 3 rings (SSSR count). The first kappa shape index (κ1) is 12.2. The lowest BCUT2D eigenvalue weighted by atomic mass is 9.99. The molecule has 1 N–H and O–H groups in total. The van der Waals surface area contributed by atoms with Crippen molar-refractivity contribution in [2.45, 2.75) is 45.2 Å². The van der Waals surface area contributed by atoms with Crippen molar-refractivity contribution in [1.29, 1.82) is 0 Å². The predicted octanol–water partition coefficient (Wildman–Crippen LogP) is 2.55. The van der Waals surface area contributed by atoms with Gasteiger partial charge in [-0.2, -0.15) is 0 Å². The van der Waals surface area contributed by atoms with E-state index in [4.69, 9.17) is 4.42 Å². The minimum atomic E-state index is 0.817. The molecule has 1 atom stereocenters. The molecular weight excluding hydrogens is 224 g/mol. The van der Waals surface area contributed by atoms with Gasteiger partial charge >= 0.3 is 0 Å². The zero-order valence-electron chi connectivity index (χ0n) is 11.3. The van der Waals surface area contributed by atoms with Gasteiger partial charge in [0, 0.05) is 12.6 Å². The molecule has 2 fully saturated rings. The molecule has 18 heavy (non-hydrogen) atoms. The summed E-state index contributed by atoms with van der Waals surface area (Å²) in [5.41, 5.74) is 0. The summed E-state index contributed by atoms with van der Waals surface area (Å²) in [7, 11) is 0. The highest BCUT2D eigenvalue weighted by Crippen LogP contribution is 2.30. The van der Waals surface area contributed by atoms with Crippen LogP contribution in [-0.4, -0.2) is 30.6 Å². The molecule has 0 bridgehead atoms. The number of rotatable bonds is 5. The molecule has 3 heteroatoms. The van der Waals surface area contributed by atoms with Crippen molar-refractivity contribution in [2.24, 2.45) is 5.92 Å². The molecule has 1 saturated carbocycles. The number of nitrogens with zero attached hydrogens (tertiary/aromatic N) is 1. The van der Waals surface area contributed by atoms with Crippen LogP contribution in [0.4, 0.5) is 0 Å². The molecule has 1 aromatic rings. The van der Waals surface area contributed by atoms with Crippen molar-refractivity contribution in [2.75, 3.05) is 19.6 Å². The third kappa shape index (κ3) is 3.15. The Hall–Kier alpha value is -0.800. The summed E-state index contributed by atoms with van der Waals surface area (Å²) >= 11 is 0. The highest BCUT2D eigenvalue weighted by Gasteiger charge is 2.31. The van der Waals surface area contributed by atoms with Gasteiger partial charge < -0.3 is 9.73 Å². The Balaban J connectivity index is 1.57. The minimum absolute atomic E-state index is 0.817. The van der Waals surface area contributed by atoms with E-state index in [1.807, 2.05) is 6.92 Å². The van der Waals surface area contributed by atoms with E-state index in [1.165, 1.54) is 45.3 Å². The molecule has 0 spiro atoms. The van der Waals surface area contributed by atoms with Crippen LogP contribution in [0.5, 0.6) is 0 Å². The van der Waals surface area contributed by atoms with E-state index in [2.05, 4.69) is 22.3 Å². The molecule has 1 unspecified atom stereocenters. The monoisotopic (exact) mass is 248 g/mol. The van der Waals surface area contributed by atoms with E-state index >= 15 is 0 Å². The maximum atomic E-state index is 5.72. The standard InChI is InChI=1S/C15H24N2O/c1-12-4-7-15(18-12)11-17(14-5-6-14)10-13-3-2-8-16-9-13/h4,7,13-14,16H,2-3,5-6,8-11H2,1H3. The Morgan fingerprint density at radius 1 is 1.33 bits per heavy atom. The first-order valence-corrected chi connectivity index (χ1v) is 7.31. The Kier molecular flexibility index (Phi) is 3.71. The summed E-state index contributed by atoms with van der Waals surface area (Å²) < 4.78 is 5.72. The van der Waals surface area contributed by atoms with Crippen LogP contribution >= 0.6 is 0 Å². The summed E-state index contributed by atoms with van der Waals surface area (Å²) in [5.74, 6) is 2.98. The van der Waals surface area contributed by atoms with Crippen LogP contribution in [0.1, 0.15) is 37.2 Å². The second-order valence-corrected chi connectivity index (χ2v) is 5.89. The van der Waals surface area contributed by atoms with Crippen molar-refractivity contribution < 1.29 is 4.42 Å². The topological polar surface area (TPSA) is 28.4 Å². The average molecular weight is 248 g/mol. The van der Waals surface area contributed by atoms with Crippen molar-refractivity contribution in [3.05, 3.63) is 23.7 Å². The molecule has 100 valence electrons. The molecule has 1 saturated heterocycles. The normalized spacial score (nSPS) is 24.7. The van der Waals surface area contributed by atoms with Crippen molar-refractivity contribution in [3.63, 3.8) is 0 Å². The summed E-state index contributed by atoms with van der Waals surface area (Å²) in [5, 5.41) is 3.52. The molecule has 1 aliphatic heterocycles. The molecule has 1 aliphatic carbocycles. The summed E-state index contributed by atoms with van der Waals surface area (Å²) in [4.78, 5) is 2.63. The van der Waals surface area contributed by atoms with Crippen LogP contribution < -0.4 is 5.32 Å². The minimum Gasteiger partial charge on any atom is -0.465 e. The lowest BCUT2D eigenvalue weighted by Crippen LogP contribution is -2.38. The van der Waals surface area contributed by atoms with Crippen LogP contribution in [0.3, 0.4) is 0 Å². The van der Waals surface area contributed by atoms with Crippen LogP contribution in [0, 0.1) is 12.8 Å². The smallest absolute Gasteiger partial charge is 0.118 e. The summed E-state index contributed by atoms with van der Waals surface area (Å²) in [6.07, 6.45) is 5.47. The summed E-state index contributed by atoms with van der Waals surface area (Å²) in [6, 6.07) is 5.02. The van der Waals surface area contributed by atoms with E-state index in [0.717, 1.165) is 30.0 Å². The summed E-state index contributed by atoms with van der Waals surface area (Å²) in [6.45, 7) is 6.65. The van der Waals surface area contributed by atoms with Gasteiger partial charge in [0.2, 0.25) is 0 Å². The Bertz CT molecular complexity index is 378. The molecule has 3 nitrogen and oxygen atoms in total. The highest BCUT2D eigenvalue weighted by molar-refractivity contribution is 5.06. The molecule has 2 aliphatic rings. The van der Waals surface area contributed by atoms with Gasteiger partial charge in [-0.3, -0.25) is 4.90 Å². The lowest BCUT2D eigenvalue weighted by Gasteiger charge is -2.29. The van der Waals surface area contributed by atoms with E-state index in [9.17, 15) is 0 Å². The number of aryl methyl sites for hydroxylation is 1. The predicted molar refractivity (Wildman–Crippen MR) is 72.5 cm³/mol. The van der Waals surface area contributed by atoms with Gasteiger partial charge in [-0.1, -0.05) is 0 Å². The second-order valence-electron chi connectivity index (χ2n) is 5.89. The molecule has 0 aromatic carbocycles. The van der Waals surface area contributed by atoms with E-state index < -0.39 is 0 Å². The van der Waals surface area contributed by atoms with E-state index in [0.29, 0.717) is 0 Å². The molecule has 1 aromatic heterocycles. The fourth-order valence-corrected chi connectivity index (χ4v) is 2.96. The van der Waals surface area contributed by atoms with Gasteiger partial charge in [-0.05, 0) is 63.7 Å². The van der Waals surface area contributed by atoms with E-state index in [1.54, 1.807) is 0 Å². The maximum absolute atomic E-state index is 5.72. The van der Waals surface area contributed by atoms with Gasteiger partial charge in [0.25, 0.3) is 0 Å². The number of nitrogens with one attached hydrogen (secondary N) is 1. The third-order valence-corrected chi connectivity index (χ3v) is 4.11. The van der Waals surface area contributed by atoms with Gasteiger partial charge in [0.15, 0.2) is 0 Å². The maximum Gasteiger partial charge on any atom is 0.118 e. The number of hydrogen-bond acceptors (Lipinski definition) is 3. The third-order valence-electron chi connectivity index (χ3n) is 4.11. The van der Waals surface area contributed by atoms with E-state index in [-0.39, 0.29) is 0 Å². The molecular formula is C15H24N2O. The molecule has 2 heterocycles. The first-order chi connectivity index (χ1) is 8.81. The number of furan rings is 1. The Morgan fingerprint density at radius 2 is 2.22 bits per heavy atom. The van der Waals surface area contributed by atoms with Crippen molar-refractivity contribution >= 4 is 0 Å². The molecule has 0 amide bonds. The lowest BCUT2D eigenvalue weighted by molar-refractivity contribution is 0.180. The van der Waals surface area contributed by atoms with Crippen LogP contribution in [0.25, 0.3) is 0 Å². The quantitative estimate of drug-likeness (QED) is 0.868. The fraction of sp³-hybridized carbons (Fsp3) is 0.733. The number of piperidine rings is 1. The van der Waals surface area contributed by atoms with Gasteiger partial charge in [0.1, 0.15) is 11.5 Å². The number of hydrogen-bond donors (Lipinski definition) is 1. The average Bonchev–Trinajstić information content (AvgIpc) is 3.15. The van der Waals surface area contributed by atoms with Crippen LogP contribution in [0.15, 0.2) is 16.5 Å². The SMILES string of the molecule is Cc1ccc(CN(CC2CCCNC2)C2CC2)o1. The fourth-order valence-electron chi connectivity index (χ4n) is 2.96. The Morgan fingerprint density at radius 3 is 2.83 bits per heavy atom. The largest absolute Gasteiger partial charge is 0.465 e. The van der Waals surface area contributed by atoms with Crippen LogP contribution in [0.2, 0.25) is 0 Å². The van der Waals surface area contributed by atoms with Gasteiger partial charge in [0.05, 0.1) is 6.54 Å². The zero-order chi connectivity index (χ0) is 12.4. The Labute approximate surface area is 110 Å². The zero-order valence-corrected chi connectivity index (χ0v) is 11.3. The highest BCUT2D eigenvalue weighted by atomic mass is 16.3. The molecule has 0 radical (unpaired) electrons. The van der Waals surface area contributed by atoms with Crippen molar-refractivity contribution in [1.82, 2.24) is 10.2 Å². The first-order valence-electron chi connectivity index (χ1n) is 7.31. The van der Waals surface area contributed by atoms with Crippen LogP contribution in [-0.2, 0) is 6.54 Å². The second kappa shape index (κ2) is 5.45. The van der Waals surface area contributed by atoms with Gasteiger partial charge in [-0.15, -0.1) is 0 Å². The van der Waals surface area contributed by atoms with Crippen molar-refractivity contribution in [3.8, 4) is 0 Å².